The van der Waals surface area contributed by atoms with Crippen molar-refractivity contribution in [3.8, 4) is 5.69 Å². The summed E-state index contributed by atoms with van der Waals surface area (Å²) < 4.78 is 40.6. The fourth-order valence-electron chi connectivity index (χ4n) is 4.02. The molecule has 0 unspecified atom stereocenters. The molecule has 1 fully saturated rings. The lowest BCUT2D eigenvalue weighted by molar-refractivity contribution is -0.137. The molecule has 1 aliphatic rings. The van der Waals surface area contributed by atoms with Gasteiger partial charge < -0.3 is 15.1 Å². The van der Waals surface area contributed by atoms with Gasteiger partial charge in [0.15, 0.2) is 0 Å². The third-order valence-corrected chi connectivity index (χ3v) is 5.58. The summed E-state index contributed by atoms with van der Waals surface area (Å²) in [6.07, 6.45) is -4.45. The van der Waals surface area contributed by atoms with E-state index in [0.717, 1.165) is 34.9 Å². The van der Waals surface area contributed by atoms with E-state index in [1.165, 1.54) is 12.1 Å². The minimum atomic E-state index is -4.45. The first-order valence-electron chi connectivity index (χ1n) is 10.3. The Bertz CT molecular complexity index is 1100. The van der Waals surface area contributed by atoms with Crippen LogP contribution in [0, 0.1) is 13.8 Å². The number of carbonyl (C=O) groups is 1. The number of amides is 2. The van der Waals surface area contributed by atoms with Crippen LogP contribution < -0.4 is 10.2 Å². The van der Waals surface area contributed by atoms with E-state index in [1.807, 2.05) is 48.9 Å². The van der Waals surface area contributed by atoms with Crippen LogP contribution in [0.2, 0.25) is 0 Å². The first-order valence-corrected chi connectivity index (χ1v) is 10.3. The number of aryl methyl sites for hydroxylation is 1. The number of aromatic nitrogens is 2. The second-order valence-electron chi connectivity index (χ2n) is 7.75. The Hall–Kier alpha value is -3.49. The lowest BCUT2D eigenvalue weighted by Crippen LogP contribution is -2.50. The molecule has 2 aromatic carbocycles. The maximum Gasteiger partial charge on any atom is 0.416 e. The smallest absolute Gasteiger partial charge is 0.365 e. The molecule has 0 aliphatic carbocycles. The number of rotatable bonds is 3. The predicted molar refractivity (Wildman–Crippen MR) is 117 cm³/mol. The number of carbonyl (C=O) groups excluding carboxylic acids is 1. The second-order valence-corrected chi connectivity index (χ2v) is 7.75. The monoisotopic (exact) mass is 443 g/mol. The third kappa shape index (κ3) is 4.42. The van der Waals surface area contributed by atoms with Crippen molar-refractivity contribution in [2.24, 2.45) is 0 Å². The van der Waals surface area contributed by atoms with Gasteiger partial charge in [-0.2, -0.15) is 18.3 Å². The number of halogens is 3. The standard InChI is InChI=1S/C23H24F3N5O/c1-16-21(17(2)31(28-16)20-9-4-3-5-10-20)29-11-13-30(14-12-29)22(32)27-19-8-6-7-18(15-19)23(24,25)26/h3-10,15H,11-14H2,1-2H3,(H,27,32). The minimum Gasteiger partial charge on any atom is -0.365 e. The Labute approximate surface area is 184 Å². The molecule has 1 N–H and O–H groups in total. The number of nitrogens with zero attached hydrogens (tertiary/aromatic N) is 4. The van der Waals surface area contributed by atoms with Crippen LogP contribution in [0.1, 0.15) is 17.0 Å². The van der Waals surface area contributed by atoms with Crippen LogP contribution in [0.25, 0.3) is 5.69 Å². The molecule has 9 heteroatoms. The highest BCUT2D eigenvalue weighted by Crippen LogP contribution is 2.31. The Balaban J connectivity index is 1.42. The fourth-order valence-corrected chi connectivity index (χ4v) is 4.02. The summed E-state index contributed by atoms with van der Waals surface area (Å²) in [6.45, 7) is 6.13. The lowest BCUT2D eigenvalue weighted by atomic mass is 10.2. The predicted octanol–water partition coefficient (Wildman–Crippen LogP) is 4.86. The molecular formula is C23H24F3N5O. The number of hydrogen-bond acceptors (Lipinski definition) is 3. The average Bonchev–Trinajstić information content (AvgIpc) is 3.08. The molecule has 2 amide bonds. The van der Waals surface area contributed by atoms with Gasteiger partial charge in [-0.05, 0) is 44.2 Å². The largest absolute Gasteiger partial charge is 0.416 e. The first-order chi connectivity index (χ1) is 15.2. The summed E-state index contributed by atoms with van der Waals surface area (Å²) in [5.74, 6) is 0. The minimum absolute atomic E-state index is 0.128. The van der Waals surface area contributed by atoms with Crippen LogP contribution in [0.5, 0.6) is 0 Å². The molecule has 1 saturated heterocycles. The van der Waals surface area contributed by atoms with Crippen LogP contribution >= 0.6 is 0 Å². The van der Waals surface area contributed by atoms with Crippen LogP contribution in [0.4, 0.5) is 29.3 Å². The molecular weight excluding hydrogens is 419 g/mol. The Morgan fingerprint density at radius 1 is 0.969 bits per heavy atom. The van der Waals surface area contributed by atoms with Crippen molar-refractivity contribution < 1.29 is 18.0 Å². The molecule has 3 aromatic rings. The summed E-state index contributed by atoms with van der Waals surface area (Å²) in [4.78, 5) is 16.4. The zero-order valence-corrected chi connectivity index (χ0v) is 17.9. The van der Waals surface area contributed by atoms with Gasteiger partial charge in [0.2, 0.25) is 0 Å². The third-order valence-electron chi connectivity index (χ3n) is 5.58. The Morgan fingerprint density at radius 3 is 2.31 bits per heavy atom. The molecule has 0 saturated carbocycles. The highest BCUT2D eigenvalue weighted by atomic mass is 19.4. The molecule has 4 rings (SSSR count). The topological polar surface area (TPSA) is 53.4 Å². The number of urea groups is 1. The number of anilines is 2. The van der Waals surface area contributed by atoms with Gasteiger partial charge in [-0.25, -0.2) is 9.48 Å². The summed E-state index contributed by atoms with van der Waals surface area (Å²) in [7, 11) is 0. The van der Waals surface area contributed by atoms with Crippen LogP contribution in [0.3, 0.4) is 0 Å². The van der Waals surface area contributed by atoms with Gasteiger partial charge in [-0.15, -0.1) is 0 Å². The molecule has 0 spiro atoms. The fraction of sp³-hybridized carbons (Fsp3) is 0.304. The van der Waals surface area contributed by atoms with Gasteiger partial charge in [0.05, 0.1) is 28.3 Å². The van der Waals surface area contributed by atoms with E-state index in [4.69, 9.17) is 0 Å². The highest BCUT2D eigenvalue weighted by Gasteiger charge is 2.31. The van der Waals surface area contributed by atoms with E-state index in [9.17, 15) is 18.0 Å². The van der Waals surface area contributed by atoms with E-state index < -0.39 is 17.8 Å². The van der Waals surface area contributed by atoms with Crippen molar-refractivity contribution in [2.45, 2.75) is 20.0 Å². The molecule has 2 heterocycles. The lowest BCUT2D eigenvalue weighted by Gasteiger charge is -2.36. The number of nitrogens with one attached hydrogen (secondary N) is 1. The van der Waals surface area contributed by atoms with Gasteiger partial charge in [-0.3, -0.25) is 0 Å². The maximum atomic E-state index is 12.9. The molecule has 32 heavy (non-hydrogen) atoms. The van der Waals surface area contributed by atoms with Crippen molar-refractivity contribution in [1.29, 1.82) is 0 Å². The van der Waals surface area contributed by atoms with E-state index in [1.54, 1.807) is 4.90 Å². The van der Waals surface area contributed by atoms with Gasteiger partial charge in [0.1, 0.15) is 0 Å². The van der Waals surface area contributed by atoms with E-state index in [-0.39, 0.29) is 5.69 Å². The summed E-state index contributed by atoms with van der Waals surface area (Å²) >= 11 is 0. The van der Waals surface area contributed by atoms with Gasteiger partial charge in [-0.1, -0.05) is 24.3 Å². The van der Waals surface area contributed by atoms with Gasteiger partial charge >= 0.3 is 12.2 Å². The highest BCUT2D eigenvalue weighted by molar-refractivity contribution is 5.89. The number of para-hydroxylation sites is 1. The van der Waals surface area contributed by atoms with Gasteiger partial charge in [0.25, 0.3) is 0 Å². The number of alkyl halides is 3. The quantitative estimate of drug-likeness (QED) is 0.629. The first kappa shape index (κ1) is 21.7. The molecule has 6 nitrogen and oxygen atoms in total. The van der Waals surface area contributed by atoms with Crippen LogP contribution in [-0.2, 0) is 6.18 Å². The molecule has 0 atom stereocenters. The average molecular weight is 443 g/mol. The van der Waals surface area contributed by atoms with Crippen molar-refractivity contribution in [3.63, 3.8) is 0 Å². The summed E-state index contributed by atoms with van der Waals surface area (Å²) in [5, 5.41) is 7.26. The molecule has 168 valence electrons. The normalized spacial score (nSPS) is 14.5. The second kappa shape index (κ2) is 8.57. The van der Waals surface area contributed by atoms with Crippen molar-refractivity contribution >= 4 is 17.4 Å². The number of piperazine rings is 1. The summed E-state index contributed by atoms with van der Waals surface area (Å²) in [5.41, 5.74) is 3.30. The maximum absolute atomic E-state index is 12.9. The van der Waals surface area contributed by atoms with Crippen molar-refractivity contribution in [2.75, 3.05) is 36.4 Å². The number of hydrogen-bond donors (Lipinski definition) is 1. The van der Waals surface area contributed by atoms with E-state index in [2.05, 4.69) is 15.3 Å². The molecule has 0 radical (unpaired) electrons. The summed E-state index contributed by atoms with van der Waals surface area (Å²) in [6, 6.07) is 14.1. The molecule has 1 aromatic heterocycles. The Morgan fingerprint density at radius 2 is 1.66 bits per heavy atom. The van der Waals surface area contributed by atoms with Crippen LogP contribution in [0.15, 0.2) is 54.6 Å². The SMILES string of the molecule is Cc1nn(-c2ccccc2)c(C)c1N1CCN(C(=O)Nc2cccc(C(F)(F)F)c2)CC1. The Kier molecular flexibility index (Phi) is 5.82. The van der Waals surface area contributed by atoms with E-state index >= 15 is 0 Å². The number of benzene rings is 2. The van der Waals surface area contributed by atoms with Crippen LogP contribution in [-0.4, -0.2) is 46.9 Å². The van der Waals surface area contributed by atoms with Crippen molar-refractivity contribution in [3.05, 3.63) is 71.5 Å². The van der Waals surface area contributed by atoms with Gasteiger partial charge in [0, 0.05) is 31.9 Å². The molecule has 1 aliphatic heterocycles. The molecule has 0 bridgehead atoms. The zero-order valence-electron chi connectivity index (χ0n) is 17.9. The zero-order chi connectivity index (χ0) is 22.9. The van der Waals surface area contributed by atoms with E-state index in [0.29, 0.717) is 26.2 Å². The van der Waals surface area contributed by atoms with Crippen molar-refractivity contribution in [1.82, 2.24) is 14.7 Å².